The molecule has 1 aromatic heterocycles. The normalized spacial score (nSPS) is 18.6. The summed E-state index contributed by atoms with van der Waals surface area (Å²) in [5, 5.41) is 3.38. The molecule has 2 heterocycles. The molecule has 108 valence electrons. The van der Waals surface area contributed by atoms with Crippen molar-refractivity contribution >= 4 is 34.3 Å². The van der Waals surface area contributed by atoms with Gasteiger partial charge in [0.25, 0.3) is 5.91 Å². The van der Waals surface area contributed by atoms with Gasteiger partial charge in [-0.05, 0) is 25.4 Å². The zero-order valence-corrected chi connectivity index (χ0v) is 12.2. The van der Waals surface area contributed by atoms with Crippen molar-refractivity contribution in [2.24, 2.45) is 0 Å². The van der Waals surface area contributed by atoms with E-state index in [0.717, 1.165) is 16.4 Å². The summed E-state index contributed by atoms with van der Waals surface area (Å²) in [4.78, 5) is 36.3. The Labute approximate surface area is 120 Å². The van der Waals surface area contributed by atoms with Crippen LogP contribution in [-0.4, -0.2) is 46.8 Å². The van der Waals surface area contributed by atoms with Gasteiger partial charge in [0.2, 0.25) is 5.91 Å². The highest BCUT2D eigenvalue weighted by Crippen LogP contribution is 2.28. The van der Waals surface area contributed by atoms with E-state index in [9.17, 15) is 14.4 Å². The molecular weight excluding hydrogens is 282 g/mol. The molecule has 7 nitrogen and oxygen atoms in total. The van der Waals surface area contributed by atoms with Crippen molar-refractivity contribution in [3.05, 3.63) is 11.3 Å². The number of imide groups is 1. The number of nitrogens with zero attached hydrogens (tertiary/aromatic N) is 2. The fourth-order valence-electron chi connectivity index (χ4n) is 1.94. The molecule has 1 saturated heterocycles. The molecule has 20 heavy (non-hydrogen) atoms. The van der Waals surface area contributed by atoms with Gasteiger partial charge in [0.05, 0.1) is 18.7 Å². The zero-order valence-electron chi connectivity index (χ0n) is 11.4. The maximum Gasteiger partial charge on any atom is 0.343 e. The zero-order chi connectivity index (χ0) is 14.9. The number of aromatic nitrogens is 1. The molecule has 0 spiro atoms. The van der Waals surface area contributed by atoms with Gasteiger partial charge in [-0.2, -0.15) is 4.37 Å². The van der Waals surface area contributed by atoms with Crippen LogP contribution in [0.25, 0.3) is 0 Å². The lowest BCUT2D eigenvalue weighted by Gasteiger charge is -2.11. The van der Waals surface area contributed by atoms with E-state index >= 15 is 0 Å². The van der Waals surface area contributed by atoms with E-state index in [-0.39, 0.29) is 24.8 Å². The minimum atomic E-state index is -0.652. The number of carbonyl (C=O) groups is 3. The van der Waals surface area contributed by atoms with Gasteiger partial charge >= 0.3 is 5.97 Å². The Hall–Kier alpha value is -1.96. The smallest absolute Gasteiger partial charge is 0.343 e. The quantitative estimate of drug-likeness (QED) is 0.653. The Morgan fingerprint density at radius 1 is 1.55 bits per heavy atom. The number of ether oxygens (including phenoxy) is 1. The van der Waals surface area contributed by atoms with E-state index in [4.69, 9.17) is 4.74 Å². The fourth-order valence-corrected chi connectivity index (χ4v) is 2.78. The molecule has 1 aliphatic rings. The average Bonchev–Trinajstić information content (AvgIpc) is 2.87. The molecule has 1 unspecified atom stereocenters. The largest absolute Gasteiger partial charge is 0.462 e. The summed E-state index contributed by atoms with van der Waals surface area (Å²) in [6.45, 7) is 3.67. The number of anilines is 1. The van der Waals surface area contributed by atoms with Gasteiger partial charge in [0, 0.05) is 7.05 Å². The second-order valence-corrected chi connectivity index (χ2v) is 5.16. The van der Waals surface area contributed by atoms with E-state index in [1.54, 1.807) is 13.8 Å². The molecule has 1 aliphatic heterocycles. The average molecular weight is 297 g/mol. The summed E-state index contributed by atoms with van der Waals surface area (Å²) in [6, 6.07) is -0.652. The molecule has 0 radical (unpaired) electrons. The van der Waals surface area contributed by atoms with Crippen molar-refractivity contribution in [2.45, 2.75) is 26.3 Å². The summed E-state index contributed by atoms with van der Waals surface area (Å²) in [5.74, 6) is -1.03. The van der Waals surface area contributed by atoms with Crippen molar-refractivity contribution in [2.75, 3.05) is 19.0 Å². The number of amides is 2. The number of rotatable bonds is 4. The molecule has 8 heteroatoms. The highest BCUT2D eigenvalue weighted by Gasteiger charge is 2.37. The van der Waals surface area contributed by atoms with Crippen LogP contribution in [0.15, 0.2) is 0 Å². The van der Waals surface area contributed by atoms with Crippen molar-refractivity contribution in [1.82, 2.24) is 9.27 Å². The first kappa shape index (κ1) is 14.4. The molecule has 0 bridgehead atoms. The maximum absolute atomic E-state index is 11.9. The first-order valence-corrected chi connectivity index (χ1v) is 6.93. The van der Waals surface area contributed by atoms with Gasteiger partial charge in [-0.1, -0.05) is 0 Å². The monoisotopic (exact) mass is 297 g/mol. The van der Waals surface area contributed by atoms with Crippen LogP contribution in [0.4, 0.5) is 5.00 Å². The molecule has 2 rings (SSSR count). The van der Waals surface area contributed by atoms with Crippen LogP contribution in [0.3, 0.4) is 0 Å². The van der Waals surface area contributed by atoms with Gasteiger partial charge in [0.1, 0.15) is 16.6 Å². The predicted molar refractivity (Wildman–Crippen MR) is 72.6 cm³/mol. The highest BCUT2D eigenvalue weighted by molar-refractivity contribution is 7.10. The molecule has 1 atom stereocenters. The van der Waals surface area contributed by atoms with Crippen LogP contribution in [0.5, 0.6) is 0 Å². The third-order valence-electron chi connectivity index (χ3n) is 3.03. The number of aryl methyl sites for hydroxylation is 1. The lowest BCUT2D eigenvalue weighted by molar-refractivity contribution is -0.136. The van der Waals surface area contributed by atoms with Crippen LogP contribution in [0.2, 0.25) is 0 Å². The third kappa shape index (κ3) is 2.51. The van der Waals surface area contributed by atoms with E-state index in [1.165, 1.54) is 7.05 Å². The second kappa shape index (κ2) is 5.58. The van der Waals surface area contributed by atoms with Crippen LogP contribution < -0.4 is 5.32 Å². The number of hydrogen-bond acceptors (Lipinski definition) is 7. The summed E-state index contributed by atoms with van der Waals surface area (Å²) in [6.07, 6.45) is 0.0779. The van der Waals surface area contributed by atoms with Crippen LogP contribution >= 0.6 is 11.5 Å². The minimum Gasteiger partial charge on any atom is -0.462 e. The summed E-state index contributed by atoms with van der Waals surface area (Å²) in [5.41, 5.74) is 0.868. The molecule has 1 N–H and O–H groups in total. The lowest BCUT2D eigenvalue weighted by atomic mass is 10.2. The van der Waals surface area contributed by atoms with E-state index < -0.39 is 12.0 Å². The van der Waals surface area contributed by atoms with Crippen molar-refractivity contribution in [1.29, 1.82) is 0 Å². The standard InChI is InChI=1S/C12H15N3O4S/c1-4-19-12(18)9-6(2)14-20-10(9)13-7-5-8(16)15(3)11(7)17/h7,13H,4-5H2,1-3H3. The first-order valence-electron chi connectivity index (χ1n) is 6.16. The third-order valence-corrected chi connectivity index (χ3v) is 3.90. The number of likely N-dealkylation sites (tertiary alicyclic amines) is 1. The van der Waals surface area contributed by atoms with E-state index in [0.29, 0.717) is 16.3 Å². The van der Waals surface area contributed by atoms with E-state index in [2.05, 4.69) is 9.69 Å². The van der Waals surface area contributed by atoms with Crippen molar-refractivity contribution in [3.8, 4) is 0 Å². The second-order valence-electron chi connectivity index (χ2n) is 4.38. The number of likely N-dealkylation sites (N-methyl/N-ethyl adjacent to an activating group) is 1. The van der Waals surface area contributed by atoms with Gasteiger partial charge in [0.15, 0.2) is 0 Å². The molecule has 1 aromatic rings. The highest BCUT2D eigenvalue weighted by atomic mass is 32.1. The number of carbonyl (C=O) groups excluding carboxylic acids is 3. The summed E-state index contributed by atoms with van der Waals surface area (Å²) in [7, 11) is 1.44. The molecule has 0 saturated carbocycles. The van der Waals surface area contributed by atoms with Crippen molar-refractivity contribution < 1.29 is 19.1 Å². The first-order chi connectivity index (χ1) is 9.45. The molecule has 2 amide bonds. The topological polar surface area (TPSA) is 88.6 Å². The lowest BCUT2D eigenvalue weighted by Crippen LogP contribution is -2.32. The van der Waals surface area contributed by atoms with Crippen LogP contribution in [0.1, 0.15) is 29.4 Å². The molecule has 1 fully saturated rings. The predicted octanol–water partition coefficient (Wildman–Crippen LogP) is 0.797. The Morgan fingerprint density at radius 3 is 2.80 bits per heavy atom. The minimum absolute atomic E-state index is 0.0779. The Kier molecular flexibility index (Phi) is 4.03. The van der Waals surface area contributed by atoms with Gasteiger partial charge in [-0.25, -0.2) is 4.79 Å². The Balaban J connectivity index is 2.21. The number of nitrogens with one attached hydrogen (secondary N) is 1. The summed E-state index contributed by atoms with van der Waals surface area (Å²) >= 11 is 1.08. The molecule has 0 aromatic carbocycles. The van der Waals surface area contributed by atoms with Gasteiger partial charge in [-0.3, -0.25) is 14.5 Å². The number of esters is 1. The van der Waals surface area contributed by atoms with Crippen LogP contribution in [-0.2, 0) is 14.3 Å². The molecule has 0 aliphatic carbocycles. The number of hydrogen-bond donors (Lipinski definition) is 1. The Bertz CT molecular complexity index is 569. The van der Waals surface area contributed by atoms with Gasteiger partial charge < -0.3 is 10.1 Å². The molecular formula is C12H15N3O4S. The fraction of sp³-hybridized carbons (Fsp3) is 0.500. The maximum atomic E-state index is 11.9. The van der Waals surface area contributed by atoms with Gasteiger partial charge in [-0.15, -0.1) is 0 Å². The van der Waals surface area contributed by atoms with Crippen LogP contribution in [0, 0.1) is 6.92 Å². The van der Waals surface area contributed by atoms with E-state index in [1.807, 2.05) is 0 Å². The Morgan fingerprint density at radius 2 is 2.25 bits per heavy atom. The SMILES string of the molecule is CCOC(=O)c1c(C)nsc1NC1CC(=O)N(C)C1=O. The van der Waals surface area contributed by atoms with Crippen molar-refractivity contribution in [3.63, 3.8) is 0 Å². The summed E-state index contributed by atoms with van der Waals surface area (Å²) < 4.78 is 9.06.